The van der Waals surface area contributed by atoms with E-state index < -0.39 is 11.5 Å². The predicted octanol–water partition coefficient (Wildman–Crippen LogP) is 6.91. The molecule has 0 spiro atoms. The lowest BCUT2D eigenvalue weighted by atomic mass is 9.69. The number of Topliss-reactive ketones (excluding diaryl/α,β-unsaturated/α-hetero) is 3. The maximum Gasteiger partial charge on any atom is 0.184 e. The monoisotopic (exact) mass is 571 g/mol. The van der Waals surface area contributed by atoms with Crippen LogP contribution in [-0.2, 0) is 4.74 Å². The maximum absolute atomic E-state index is 14.9. The zero-order valence-electron chi connectivity index (χ0n) is 25.5. The highest BCUT2D eigenvalue weighted by molar-refractivity contribution is 7.98. The van der Waals surface area contributed by atoms with Crippen LogP contribution in [0.5, 0.6) is 0 Å². The third-order valence-corrected chi connectivity index (χ3v) is 9.16. The number of hydrogen-bond acceptors (Lipinski definition) is 6. The Morgan fingerprint density at radius 3 is 1.56 bits per heavy atom. The summed E-state index contributed by atoms with van der Waals surface area (Å²) < 4.78 is 5.66. The van der Waals surface area contributed by atoms with E-state index in [1.54, 1.807) is 18.7 Å². The molecule has 4 rings (SSSR count). The van der Waals surface area contributed by atoms with Crippen molar-refractivity contribution >= 4 is 29.1 Å². The molecule has 0 aromatic heterocycles. The molecular formula is C35H41NO4S. The van der Waals surface area contributed by atoms with E-state index in [0.29, 0.717) is 43.0 Å². The molecule has 1 unspecified atom stereocenters. The highest BCUT2D eigenvalue weighted by Crippen LogP contribution is 2.38. The predicted molar refractivity (Wildman–Crippen MR) is 167 cm³/mol. The van der Waals surface area contributed by atoms with Crippen LogP contribution in [0.25, 0.3) is 0 Å². The van der Waals surface area contributed by atoms with Gasteiger partial charge in [0, 0.05) is 34.7 Å². The number of aryl methyl sites for hydroxylation is 6. The SMILES string of the molecule is CSc1ccc(C(=O)C(C)(C(C(=O)c2c(C)cc(C)cc2C)C(=O)c2c(C)cc(C)cc2C)N2CCOCC2)cc1. The van der Waals surface area contributed by atoms with E-state index in [2.05, 4.69) is 0 Å². The molecular weight excluding hydrogens is 530 g/mol. The van der Waals surface area contributed by atoms with Crippen LogP contribution in [0, 0.1) is 47.5 Å². The Kier molecular flexibility index (Phi) is 9.37. The van der Waals surface area contributed by atoms with Gasteiger partial charge in [-0.1, -0.05) is 47.5 Å². The Labute approximate surface area is 248 Å². The zero-order valence-corrected chi connectivity index (χ0v) is 26.3. The lowest BCUT2D eigenvalue weighted by molar-refractivity contribution is -0.0221. The molecule has 0 saturated carbocycles. The van der Waals surface area contributed by atoms with Crippen molar-refractivity contribution < 1.29 is 19.1 Å². The lowest BCUT2D eigenvalue weighted by Crippen LogP contribution is -2.64. The number of carbonyl (C=O) groups is 3. The summed E-state index contributed by atoms with van der Waals surface area (Å²) in [6, 6.07) is 15.3. The molecule has 3 aromatic carbocycles. The van der Waals surface area contributed by atoms with Crippen LogP contribution in [0.15, 0.2) is 53.4 Å². The lowest BCUT2D eigenvalue weighted by Gasteiger charge is -2.46. The molecule has 6 heteroatoms. The van der Waals surface area contributed by atoms with Crippen LogP contribution in [0.1, 0.15) is 71.4 Å². The smallest absolute Gasteiger partial charge is 0.184 e. The Hall–Kier alpha value is -3.06. The molecule has 1 heterocycles. The first-order chi connectivity index (χ1) is 19.4. The second kappa shape index (κ2) is 12.4. The quantitative estimate of drug-likeness (QED) is 0.158. The van der Waals surface area contributed by atoms with Crippen molar-refractivity contribution in [2.45, 2.75) is 58.9 Å². The first-order valence-corrected chi connectivity index (χ1v) is 15.4. The average molecular weight is 572 g/mol. The summed E-state index contributed by atoms with van der Waals surface area (Å²) in [5.41, 5.74) is 5.41. The number of benzene rings is 3. The Morgan fingerprint density at radius 2 is 1.17 bits per heavy atom. The highest BCUT2D eigenvalue weighted by atomic mass is 32.2. The molecule has 5 nitrogen and oxygen atoms in total. The molecule has 1 saturated heterocycles. The van der Waals surface area contributed by atoms with E-state index in [4.69, 9.17) is 4.74 Å². The third-order valence-electron chi connectivity index (χ3n) is 8.41. The number of morpholine rings is 1. The Bertz CT molecular complexity index is 1370. The molecule has 1 atom stereocenters. The van der Waals surface area contributed by atoms with Crippen molar-refractivity contribution in [1.82, 2.24) is 4.90 Å². The molecule has 0 bridgehead atoms. The summed E-state index contributed by atoms with van der Waals surface area (Å²) in [5.74, 6) is -2.11. The van der Waals surface area contributed by atoms with Crippen LogP contribution in [0.3, 0.4) is 0 Å². The van der Waals surface area contributed by atoms with Gasteiger partial charge in [-0.05, 0) is 89.1 Å². The van der Waals surface area contributed by atoms with Gasteiger partial charge < -0.3 is 4.74 Å². The normalized spacial score (nSPS) is 15.5. The van der Waals surface area contributed by atoms with E-state index in [0.717, 1.165) is 38.3 Å². The van der Waals surface area contributed by atoms with Gasteiger partial charge in [-0.25, -0.2) is 0 Å². The van der Waals surface area contributed by atoms with Crippen LogP contribution >= 0.6 is 11.8 Å². The van der Waals surface area contributed by atoms with E-state index >= 15 is 0 Å². The zero-order chi connectivity index (χ0) is 30.1. The number of carbonyl (C=O) groups excluding carboxylic acids is 3. The molecule has 1 fully saturated rings. The van der Waals surface area contributed by atoms with Crippen molar-refractivity contribution in [1.29, 1.82) is 0 Å². The van der Waals surface area contributed by atoms with Gasteiger partial charge in [0.05, 0.1) is 18.8 Å². The third kappa shape index (κ3) is 5.97. The maximum atomic E-state index is 14.9. The van der Waals surface area contributed by atoms with E-state index in [-0.39, 0.29) is 17.3 Å². The minimum absolute atomic E-state index is 0.233. The standard InChI is InChI=1S/C35H41NO4S/c1-21-17-23(3)29(24(4)18-21)32(37)31(33(38)30-25(5)19-22(2)20-26(30)6)35(7,36-13-15-40-16-14-36)34(39)27-9-11-28(41-8)12-10-27/h9-12,17-20,31H,13-16H2,1-8H3. The minimum atomic E-state index is -1.44. The fraction of sp³-hybridized carbons (Fsp3) is 0.400. The van der Waals surface area contributed by atoms with Crippen LogP contribution in [-0.4, -0.2) is 60.3 Å². The highest BCUT2D eigenvalue weighted by Gasteiger charge is 2.54. The summed E-state index contributed by atoms with van der Waals surface area (Å²) in [4.78, 5) is 47.6. The van der Waals surface area contributed by atoms with Gasteiger partial charge >= 0.3 is 0 Å². The summed E-state index contributed by atoms with van der Waals surface area (Å²) in [5, 5.41) is 0. The number of thioether (sulfide) groups is 1. The Morgan fingerprint density at radius 1 is 0.756 bits per heavy atom. The fourth-order valence-corrected chi connectivity index (χ4v) is 6.98. The van der Waals surface area contributed by atoms with Gasteiger partial charge in [0.1, 0.15) is 5.92 Å². The fourth-order valence-electron chi connectivity index (χ4n) is 6.58. The van der Waals surface area contributed by atoms with E-state index in [1.807, 2.05) is 101 Å². The van der Waals surface area contributed by atoms with Gasteiger partial charge in [-0.15, -0.1) is 11.8 Å². The molecule has 1 aliphatic heterocycles. The summed E-state index contributed by atoms with van der Waals surface area (Å²) in [6.45, 7) is 15.2. The topological polar surface area (TPSA) is 63.7 Å². The summed E-state index contributed by atoms with van der Waals surface area (Å²) in [6.07, 6.45) is 1.99. The van der Waals surface area contributed by atoms with Gasteiger partial charge in [-0.3, -0.25) is 19.3 Å². The van der Waals surface area contributed by atoms with Gasteiger partial charge in [0.25, 0.3) is 0 Å². The number of ether oxygens (including phenoxy) is 1. The molecule has 0 radical (unpaired) electrons. The van der Waals surface area contributed by atoms with Crippen LogP contribution in [0.2, 0.25) is 0 Å². The molecule has 216 valence electrons. The average Bonchev–Trinajstić information content (AvgIpc) is 2.92. The van der Waals surface area contributed by atoms with Crippen LogP contribution in [0.4, 0.5) is 0 Å². The van der Waals surface area contributed by atoms with Crippen molar-refractivity contribution in [3.8, 4) is 0 Å². The molecule has 3 aromatic rings. The second-order valence-electron chi connectivity index (χ2n) is 11.5. The molecule has 0 aliphatic carbocycles. The number of ketones is 3. The first kappa shape index (κ1) is 30.9. The minimum Gasteiger partial charge on any atom is -0.379 e. The van der Waals surface area contributed by atoms with Crippen molar-refractivity contribution in [3.05, 3.63) is 98.6 Å². The van der Waals surface area contributed by atoms with E-state index in [1.165, 1.54) is 0 Å². The van der Waals surface area contributed by atoms with Crippen molar-refractivity contribution in [2.24, 2.45) is 5.92 Å². The van der Waals surface area contributed by atoms with Gasteiger partial charge in [0.15, 0.2) is 17.3 Å². The van der Waals surface area contributed by atoms with Gasteiger partial charge in [0.2, 0.25) is 0 Å². The first-order valence-electron chi connectivity index (χ1n) is 14.2. The number of rotatable bonds is 9. The number of hydrogen-bond donors (Lipinski definition) is 0. The molecule has 1 aliphatic rings. The molecule has 0 amide bonds. The van der Waals surface area contributed by atoms with E-state index in [9.17, 15) is 14.4 Å². The molecule has 41 heavy (non-hydrogen) atoms. The van der Waals surface area contributed by atoms with Crippen LogP contribution < -0.4 is 0 Å². The second-order valence-corrected chi connectivity index (χ2v) is 12.4. The summed E-state index contributed by atoms with van der Waals surface area (Å²) >= 11 is 1.60. The van der Waals surface area contributed by atoms with Crippen molar-refractivity contribution in [2.75, 3.05) is 32.6 Å². The molecule has 0 N–H and O–H groups in total. The van der Waals surface area contributed by atoms with Gasteiger partial charge in [-0.2, -0.15) is 0 Å². The van der Waals surface area contributed by atoms with Crippen molar-refractivity contribution in [3.63, 3.8) is 0 Å². The Balaban J connectivity index is 2.01. The largest absolute Gasteiger partial charge is 0.379 e. The number of nitrogens with zero attached hydrogens (tertiary/aromatic N) is 1. The summed E-state index contributed by atoms with van der Waals surface area (Å²) in [7, 11) is 0.